The number of ether oxygens (including phenoxy) is 1. The Morgan fingerprint density at radius 3 is 2.39 bits per heavy atom. The molecular formula is C20H15ClN2O4S. The third-order valence-electron chi connectivity index (χ3n) is 4.39. The van der Waals surface area contributed by atoms with Crippen molar-refractivity contribution in [3.63, 3.8) is 0 Å². The lowest BCUT2D eigenvalue weighted by Gasteiger charge is -2.23. The molecule has 0 aromatic heterocycles. The lowest BCUT2D eigenvalue weighted by Crippen LogP contribution is -2.36. The van der Waals surface area contributed by atoms with E-state index in [9.17, 15) is 13.2 Å². The van der Waals surface area contributed by atoms with Gasteiger partial charge in [0.1, 0.15) is 5.75 Å². The topological polar surface area (TPSA) is 75.7 Å². The van der Waals surface area contributed by atoms with Crippen LogP contribution in [0, 0.1) is 0 Å². The Morgan fingerprint density at radius 2 is 1.68 bits per heavy atom. The molecule has 1 amide bonds. The van der Waals surface area contributed by atoms with Gasteiger partial charge in [0.05, 0.1) is 34.6 Å². The average molecular weight is 415 g/mol. The van der Waals surface area contributed by atoms with Gasteiger partial charge >= 0.3 is 0 Å². The van der Waals surface area contributed by atoms with Crippen molar-refractivity contribution in [1.29, 1.82) is 0 Å². The van der Waals surface area contributed by atoms with Gasteiger partial charge in [0.2, 0.25) is 0 Å². The van der Waals surface area contributed by atoms with Gasteiger partial charge in [-0.1, -0.05) is 23.7 Å². The summed E-state index contributed by atoms with van der Waals surface area (Å²) in [6.45, 7) is 0. The fourth-order valence-corrected chi connectivity index (χ4v) is 4.56. The summed E-state index contributed by atoms with van der Waals surface area (Å²) in [7, 11) is -2.67. The summed E-state index contributed by atoms with van der Waals surface area (Å²) in [5.41, 5.74) is 1.40. The van der Waals surface area contributed by atoms with Crippen LogP contribution in [-0.2, 0) is 10.0 Å². The van der Waals surface area contributed by atoms with Crippen LogP contribution >= 0.6 is 11.6 Å². The number of hydrogen-bond donors (Lipinski definition) is 1. The molecule has 0 fully saturated rings. The highest BCUT2D eigenvalue weighted by Crippen LogP contribution is 2.40. The number of sulfonamides is 1. The molecule has 3 aromatic carbocycles. The Morgan fingerprint density at radius 1 is 0.964 bits per heavy atom. The van der Waals surface area contributed by atoms with E-state index >= 15 is 0 Å². The Kier molecular flexibility index (Phi) is 4.49. The van der Waals surface area contributed by atoms with E-state index in [4.69, 9.17) is 16.3 Å². The maximum Gasteiger partial charge on any atom is 0.274 e. The second-order valence-electron chi connectivity index (χ2n) is 6.08. The normalized spacial score (nSPS) is 13.2. The largest absolute Gasteiger partial charge is 0.497 e. The second-order valence-corrected chi connectivity index (χ2v) is 8.31. The Bertz CT molecular complexity index is 1180. The molecule has 0 unspecified atom stereocenters. The van der Waals surface area contributed by atoms with Gasteiger partial charge in [0, 0.05) is 11.1 Å². The number of fused-ring (bicyclic) bond motifs is 2. The number of halogens is 1. The molecule has 0 atom stereocenters. The number of para-hydroxylation sites is 1. The quantitative estimate of drug-likeness (QED) is 0.685. The molecule has 0 saturated heterocycles. The van der Waals surface area contributed by atoms with Gasteiger partial charge in [0.15, 0.2) is 0 Å². The van der Waals surface area contributed by atoms with Crippen molar-refractivity contribution in [1.82, 2.24) is 0 Å². The van der Waals surface area contributed by atoms with Gasteiger partial charge in [-0.15, -0.1) is 0 Å². The van der Waals surface area contributed by atoms with E-state index < -0.39 is 15.9 Å². The number of nitrogens with one attached hydrogen (secondary N) is 1. The summed E-state index contributed by atoms with van der Waals surface area (Å²) in [4.78, 5) is 13.3. The molecule has 3 aromatic rings. The molecule has 0 spiro atoms. The maximum absolute atomic E-state index is 13.4. The molecule has 8 heteroatoms. The Balaban J connectivity index is 1.97. The molecule has 0 radical (unpaired) electrons. The van der Waals surface area contributed by atoms with E-state index in [1.165, 1.54) is 31.4 Å². The molecule has 1 aliphatic heterocycles. The second kappa shape index (κ2) is 6.85. The molecule has 4 rings (SSSR count). The molecule has 0 bridgehead atoms. The van der Waals surface area contributed by atoms with Crippen molar-refractivity contribution in [3.8, 4) is 5.75 Å². The fraction of sp³-hybridized carbons (Fsp3) is 0.0500. The predicted molar refractivity (Wildman–Crippen MR) is 108 cm³/mol. The minimum Gasteiger partial charge on any atom is -0.497 e. The van der Waals surface area contributed by atoms with Crippen molar-refractivity contribution in [2.45, 2.75) is 4.90 Å². The van der Waals surface area contributed by atoms with Crippen molar-refractivity contribution in [3.05, 3.63) is 77.3 Å². The van der Waals surface area contributed by atoms with Crippen molar-refractivity contribution < 1.29 is 17.9 Å². The summed E-state index contributed by atoms with van der Waals surface area (Å²) in [6.07, 6.45) is 0. The third kappa shape index (κ3) is 2.98. The molecule has 6 nitrogen and oxygen atoms in total. The van der Waals surface area contributed by atoms with Gasteiger partial charge in [-0.2, -0.15) is 4.31 Å². The van der Waals surface area contributed by atoms with Crippen LogP contribution in [0.3, 0.4) is 0 Å². The SMILES string of the molecule is COc1ccc2c(c1)Nc1ccccc1C(=O)N2S(=O)(=O)c1ccc(Cl)cc1. The number of hydrogen-bond acceptors (Lipinski definition) is 5. The molecule has 1 heterocycles. The third-order valence-corrected chi connectivity index (χ3v) is 6.35. The monoisotopic (exact) mass is 414 g/mol. The van der Waals surface area contributed by atoms with Crippen LogP contribution in [-0.4, -0.2) is 21.4 Å². The van der Waals surface area contributed by atoms with Crippen LogP contribution in [0.5, 0.6) is 5.75 Å². The highest BCUT2D eigenvalue weighted by atomic mass is 35.5. The first-order valence-corrected chi connectivity index (χ1v) is 10.1. The number of amides is 1. The molecule has 0 aliphatic carbocycles. The standard InChI is InChI=1S/C20H15ClN2O4S/c1-27-14-8-11-19-18(12-14)22-17-5-3-2-4-16(17)20(24)23(19)28(25,26)15-9-6-13(21)7-10-15/h2-12,22H,1H3. The van der Waals surface area contributed by atoms with Gasteiger partial charge in [-0.05, 0) is 48.5 Å². The number of methoxy groups -OCH3 is 1. The highest BCUT2D eigenvalue weighted by molar-refractivity contribution is 7.93. The maximum atomic E-state index is 13.4. The Hall–Kier alpha value is -3.03. The first kappa shape index (κ1) is 18.3. The van der Waals surface area contributed by atoms with E-state index in [0.29, 0.717) is 22.1 Å². The van der Waals surface area contributed by atoms with E-state index in [0.717, 1.165) is 4.31 Å². The average Bonchev–Trinajstić information content (AvgIpc) is 2.82. The minimum atomic E-state index is -4.18. The Labute approximate surface area is 167 Å². The van der Waals surface area contributed by atoms with Crippen LogP contribution in [0.1, 0.15) is 10.4 Å². The number of carbonyl (C=O) groups is 1. The van der Waals surface area contributed by atoms with Crippen LogP contribution in [0.25, 0.3) is 0 Å². The molecule has 1 N–H and O–H groups in total. The predicted octanol–water partition coefficient (Wildman–Crippen LogP) is 4.44. The molecule has 142 valence electrons. The van der Waals surface area contributed by atoms with Crippen molar-refractivity contribution in [2.75, 3.05) is 16.7 Å². The molecule has 1 aliphatic rings. The van der Waals surface area contributed by atoms with Crippen molar-refractivity contribution >= 4 is 44.6 Å². The van der Waals surface area contributed by atoms with Gasteiger partial charge in [-0.25, -0.2) is 8.42 Å². The summed E-state index contributed by atoms with van der Waals surface area (Å²) in [5, 5.41) is 3.54. The van der Waals surface area contributed by atoms with E-state index in [1.807, 2.05) is 0 Å². The zero-order valence-electron chi connectivity index (χ0n) is 14.7. The van der Waals surface area contributed by atoms with Gasteiger partial charge < -0.3 is 10.1 Å². The van der Waals surface area contributed by atoms with Crippen LogP contribution in [0.2, 0.25) is 5.02 Å². The lowest BCUT2D eigenvalue weighted by molar-refractivity contribution is 0.101. The summed E-state index contributed by atoms with van der Waals surface area (Å²) in [5.74, 6) is -0.121. The number of rotatable bonds is 3. The zero-order valence-corrected chi connectivity index (χ0v) is 16.3. The fourth-order valence-electron chi connectivity index (χ4n) is 3.01. The zero-order chi connectivity index (χ0) is 19.9. The number of anilines is 3. The smallest absolute Gasteiger partial charge is 0.274 e. The highest BCUT2D eigenvalue weighted by Gasteiger charge is 2.36. The summed E-state index contributed by atoms with van der Waals surface area (Å²) >= 11 is 5.88. The summed E-state index contributed by atoms with van der Waals surface area (Å²) in [6, 6.07) is 17.2. The number of benzene rings is 3. The van der Waals surface area contributed by atoms with E-state index in [2.05, 4.69) is 5.32 Å². The minimum absolute atomic E-state index is 0.0357. The van der Waals surface area contributed by atoms with E-state index in [-0.39, 0.29) is 16.1 Å². The van der Waals surface area contributed by atoms with Crippen LogP contribution < -0.4 is 14.4 Å². The number of nitrogens with zero attached hydrogens (tertiary/aromatic N) is 1. The van der Waals surface area contributed by atoms with Crippen molar-refractivity contribution in [2.24, 2.45) is 0 Å². The van der Waals surface area contributed by atoms with Crippen LogP contribution in [0.4, 0.5) is 17.1 Å². The number of carbonyl (C=O) groups excluding carboxylic acids is 1. The van der Waals surface area contributed by atoms with Crippen LogP contribution in [0.15, 0.2) is 71.6 Å². The molecule has 28 heavy (non-hydrogen) atoms. The summed E-state index contributed by atoms with van der Waals surface area (Å²) < 4.78 is 32.8. The van der Waals surface area contributed by atoms with Gasteiger partial charge in [-0.3, -0.25) is 4.79 Å². The van der Waals surface area contributed by atoms with E-state index in [1.54, 1.807) is 42.5 Å². The molecule has 0 saturated carbocycles. The first-order chi connectivity index (χ1) is 13.4. The molecular weight excluding hydrogens is 400 g/mol. The first-order valence-electron chi connectivity index (χ1n) is 8.31. The van der Waals surface area contributed by atoms with Gasteiger partial charge in [0.25, 0.3) is 15.9 Å². The lowest BCUT2D eigenvalue weighted by atomic mass is 10.1.